The zero-order chi connectivity index (χ0) is 21.8. The number of hydrogen-bond acceptors (Lipinski definition) is 3. The van der Waals surface area contributed by atoms with Crippen LogP contribution in [0.2, 0.25) is 0 Å². The average molecular weight is 423 g/mol. The van der Waals surface area contributed by atoms with Crippen molar-refractivity contribution >= 4 is 5.91 Å². The van der Waals surface area contributed by atoms with E-state index >= 15 is 0 Å². The zero-order valence-corrected chi connectivity index (χ0v) is 19.5. The fraction of sp³-hybridized carbons (Fsp3) is 0.615. The van der Waals surface area contributed by atoms with Gasteiger partial charge in [0.1, 0.15) is 0 Å². The lowest BCUT2D eigenvalue weighted by Gasteiger charge is -2.32. The van der Waals surface area contributed by atoms with Crippen LogP contribution in [0.25, 0.3) is 0 Å². The molecule has 1 aromatic carbocycles. The number of aromatic nitrogens is 2. The number of rotatable bonds is 9. The van der Waals surface area contributed by atoms with Gasteiger partial charge >= 0.3 is 0 Å². The van der Waals surface area contributed by atoms with Gasteiger partial charge in [-0.2, -0.15) is 5.10 Å². The van der Waals surface area contributed by atoms with Gasteiger partial charge in [-0.15, -0.1) is 0 Å². The summed E-state index contributed by atoms with van der Waals surface area (Å²) in [7, 11) is 0. The van der Waals surface area contributed by atoms with Crippen molar-refractivity contribution in [1.82, 2.24) is 20.0 Å². The van der Waals surface area contributed by atoms with Crippen LogP contribution in [0, 0.1) is 19.8 Å². The Kier molecular flexibility index (Phi) is 7.11. The molecule has 1 saturated heterocycles. The molecule has 31 heavy (non-hydrogen) atoms. The van der Waals surface area contributed by atoms with Crippen molar-refractivity contribution in [1.29, 1.82) is 0 Å². The van der Waals surface area contributed by atoms with Gasteiger partial charge in [0.2, 0.25) is 5.91 Å². The van der Waals surface area contributed by atoms with Crippen LogP contribution in [-0.4, -0.2) is 39.7 Å². The van der Waals surface area contributed by atoms with E-state index in [-0.39, 0.29) is 5.91 Å². The van der Waals surface area contributed by atoms with Gasteiger partial charge in [-0.05, 0) is 89.4 Å². The van der Waals surface area contributed by atoms with Gasteiger partial charge < -0.3 is 5.32 Å². The Morgan fingerprint density at radius 1 is 1.06 bits per heavy atom. The second-order valence-electron chi connectivity index (χ2n) is 9.55. The molecule has 5 nitrogen and oxygen atoms in total. The van der Waals surface area contributed by atoms with Crippen LogP contribution in [0.3, 0.4) is 0 Å². The van der Waals surface area contributed by atoms with Crippen LogP contribution in [0.1, 0.15) is 67.1 Å². The molecule has 0 spiro atoms. The lowest BCUT2D eigenvalue weighted by atomic mass is 9.89. The highest BCUT2D eigenvalue weighted by Crippen LogP contribution is 2.25. The van der Waals surface area contributed by atoms with Gasteiger partial charge in [0, 0.05) is 36.8 Å². The average Bonchev–Trinajstić information content (AvgIpc) is 3.55. The molecule has 1 aromatic heterocycles. The van der Waals surface area contributed by atoms with Crippen molar-refractivity contribution in [3.8, 4) is 0 Å². The Labute approximate surface area is 187 Å². The van der Waals surface area contributed by atoms with Crippen molar-refractivity contribution in [2.45, 2.75) is 84.8 Å². The predicted molar refractivity (Wildman–Crippen MR) is 125 cm³/mol. The first-order chi connectivity index (χ1) is 15.0. The molecular formula is C26H38N4O. The van der Waals surface area contributed by atoms with Crippen molar-refractivity contribution in [2.24, 2.45) is 5.92 Å². The number of nitrogens with one attached hydrogen (secondary N) is 1. The number of aryl methyl sites for hydroxylation is 3. The molecule has 168 valence electrons. The molecule has 1 aliphatic carbocycles. The van der Waals surface area contributed by atoms with Crippen molar-refractivity contribution in [2.75, 3.05) is 13.1 Å². The van der Waals surface area contributed by atoms with E-state index in [1.54, 1.807) is 0 Å². The normalized spacial score (nSPS) is 17.8. The molecule has 2 fully saturated rings. The Morgan fingerprint density at radius 3 is 2.35 bits per heavy atom. The molecule has 5 heteroatoms. The second-order valence-corrected chi connectivity index (χ2v) is 9.55. The number of hydrogen-bond donors (Lipinski definition) is 1. The number of carbonyl (C=O) groups excluding carboxylic acids is 1. The molecule has 0 atom stereocenters. The van der Waals surface area contributed by atoms with Gasteiger partial charge in [0.15, 0.2) is 0 Å². The third-order valence-corrected chi connectivity index (χ3v) is 7.05. The minimum Gasteiger partial charge on any atom is -0.353 e. The van der Waals surface area contributed by atoms with E-state index in [1.807, 2.05) is 0 Å². The summed E-state index contributed by atoms with van der Waals surface area (Å²) in [4.78, 5) is 14.5. The quantitative estimate of drug-likeness (QED) is 0.659. The first-order valence-corrected chi connectivity index (χ1v) is 12.1. The first-order valence-electron chi connectivity index (χ1n) is 12.1. The summed E-state index contributed by atoms with van der Waals surface area (Å²) < 4.78 is 2.13. The molecule has 1 N–H and O–H groups in total. The minimum absolute atomic E-state index is 0.200. The molecule has 0 unspecified atom stereocenters. The molecule has 1 saturated carbocycles. The van der Waals surface area contributed by atoms with Crippen LogP contribution < -0.4 is 5.32 Å². The monoisotopic (exact) mass is 422 g/mol. The van der Waals surface area contributed by atoms with E-state index in [1.165, 1.54) is 60.4 Å². The maximum Gasteiger partial charge on any atom is 0.220 e. The Balaban J connectivity index is 1.20. The first kappa shape index (κ1) is 22.1. The van der Waals surface area contributed by atoms with Crippen molar-refractivity contribution < 1.29 is 4.79 Å². The Morgan fingerprint density at radius 2 is 1.74 bits per heavy atom. The fourth-order valence-electron chi connectivity index (χ4n) is 4.80. The molecule has 2 heterocycles. The Hall–Kier alpha value is -2.14. The molecule has 2 aromatic rings. The lowest BCUT2D eigenvalue weighted by molar-refractivity contribution is -0.121. The molecular weight excluding hydrogens is 384 g/mol. The predicted octanol–water partition coefficient (Wildman–Crippen LogP) is 4.19. The maximum atomic E-state index is 11.9. The molecule has 4 rings (SSSR count). The number of amides is 1. The molecule has 2 aliphatic rings. The standard InChI is InChI=1S/C26H38N4O/c1-4-30-20(3)25(19(2)28-30)18-29-15-13-23(14-16-29)17-22-7-5-21(6-8-22)9-12-26(31)27-24-10-11-24/h5-8,23-24H,4,9-18H2,1-3H3,(H,27,31). The van der Waals surface area contributed by atoms with E-state index < -0.39 is 0 Å². The third kappa shape index (κ3) is 5.97. The van der Waals surface area contributed by atoms with E-state index in [0.29, 0.717) is 12.5 Å². The van der Waals surface area contributed by atoms with E-state index in [0.717, 1.165) is 38.3 Å². The topological polar surface area (TPSA) is 50.2 Å². The second kappa shape index (κ2) is 9.99. The number of carbonyl (C=O) groups is 1. The molecule has 1 amide bonds. The van der Waals surface area contributed by atoms with Crippen LogP contribution in [0.4, 0.5) is 0 Å². The van der Waals surface area contributed by atoms with E-state index in [2.05, 4.69) is 65.0 Å². The highest BCUT2D eigenvalue weighted by Gasteiger charge is 2.23. The van der Waals surface area contributed by atoms with Gasteiger partial charge in [-0.3, -0.25) is 14.4 Å². The highest BCUT2D eigenvalue weighted by molar-refractivity contribution is 5.76. The molecule has 1 aliphatic heterocycles. The largest absolute Gasteiger partial charge is 0.353 e. The summed E-state index contributed by atoms with van der Waals surface area (Å²) >= 11 is 0. The number of likely N-dealkylation sites (tertiary alicyclic amines) is 1. The third-order valence-electron chi connectivity index (χ3n) is 7.05. The zero-order valence-electron chi connectivity index (χ0n) is 19.5. The summed E-state index contributed by atoms with van der Waals surface area (Å²) in [6, 6.07) is 9.43. The molecule has 0 radical (unpaired) electrons. The van der Waals surface area contributed by atoms with Gasteiger partial charge in [-0.25, -0.2) is 0 Å². The fourth-order valence-corrected chi connectivity index (χ4v) is 4.80. The lowest BCUT2D eigenvalue weighted by Crippen LogP contribution is -2.34. The molecule has 0 bridgehead atoms. The SMILES string of the molecule is CCn1nc(C)c(CN2CCC(Cc3ccc(CCC(=O)NC4CC4)cc3)CC2)c1C. The summed E-state index contributed by atoms with van der Waals surface area (Å²) in [5.41, 5.74) is 6.63. The van der Waals surface area contributed by atoms with Crippen LogP contribution >= 0.6 is 0 Å². The van der Waals surface area contributed by atoms with Crippen LogP contribution in [0.15, 0.2) is 24.3 Å². The van der Waals surface area contributed by atoms with E-state index in [9.17, 15) is 4.79 Å². The van der Waals surface area contributed by atoms with Crippen molar-refractivity contribution in [3.05, 3.63) is 52.3 Å². The maximum absolute atomic E-state index is 11.9. The number of nitrogens with zero attached hydrogens (tertiary/aromatic N) is 3. The van der Waals surface area contributed by atoms with Crippen molar-refractivity contribution in [3.63, 3.8) is 0 Å². The minimum atomic E-state index is 0.200. The van der Waals surface area contributed by atoms with Crippen LogP contribution in [0.5, 0.6) is 0 Å². The smallest absolute Gasteiger partial charge is 0.220 e. The summed E-state index contributed by atoms with van der Waals surface area (Å²) in [5.74, 6) is 0.970. The van der Waals surface area contributed by atoms with Crippen LogP contribution in [-0.2, 0) is 30.7 Å². The Bertz CT molecular complexity index is 874. The van der Waals surface area contributed by atoms with Gasteiger partial charge in [0.25, 0.3) is 0 Å². The summed E-state index contributed by atoms with van der Waals surface area (Å²) in [6.45, 7) is 10.8. The highest BCUT2D eigenvalue weighted by atomic mass is 16.1. The van der Waals surface area contributed by atoms with Gasteiger partial charge in [0.05, 0.1) is 5.69 Å². The number of piperidine rings is 1. The summed E-state index contributed by atoms with van der Waals surface area (Å²) in [5, 5.41) is 7.75. The van der Waals surface area contributed by atoms with Gasteiger partial charge in [-0.1, -0.05) is 24.3 Å². The summed E-state index contributed by atoms with van der Waals surface area (Å²) in [6.07, 6.45) is 7.45. The van der Waals surface area contributed by atoms with E-state index in [4.69, 9.17) is 0 Å². The number of benzene rings is 1.